The molecule has 3 aromatic rings. The molecule has 0 aliphatic heterocycles. The average Bonchev–Trinajstić information content (AvgIpc) is 3.06. The average molecular weight is 305 g/mol. The Hall–Kier alpha value is -1.73. The zero-order valence-corrected chi connectivity index (χ0v) is 13.1. The second-order valence-electron chi connectivity index (χ2n) is 4.46. The fourth-order valence-electron chi connectivity index (χ4n) is 1.98. The van der Waals surface area contributed by atoms with Gasteiger partial charge in [0.2, 0.25) is 5.95 Å². The van der Waals surface area contributed by atoms with Gasteiger partial charge < -0.3 is 10.6 Å². The number of hydrogen-bond acceptors (Lipinski definition) is 7. The van der Waals surface area contributed by atoms with Crippen LogP contribution in [-0.2, 0) is 0 Å². The number of thiazole rings is 1. The van der Waals surface area contributed by atoms with Gasteiger partial charge in [0.25, 0.3) is 0 Å². The molecule has 0 aliphatic carbocycles. The smallest absolute Gasteiger partial charge is 0.225 e. The van der Waals surface area contributed by atoms with Gasteiger partial charge in [0.15, 0.2) is 0 Å². The summed E-state index contributed by atoms with van der Waals surface area (Å²) < 4.78 is 0. The summed E-state index contributed by atoms with van der Waals surface area (Å²) in [4.78, 5) is 15.6. The van der Waals surface area contributed by atoms with E-state index in [-0.39, 0.29) is 6.04 Å². The van der Waals surface area contributed by atoms with Crippen molar-refractivity contribution < 1.29 is 0 Å². The lowest BCUT2D eigenvalue weighted by atomic mass is 10.3. The van der Waals surface area contributed by atoms with Crippen LogP contribution in [0.1, 0.15) is 22.9 Å². The first-order valence-electron chi connectivity index (χ1n) is 6.29. The van der Waals surface area contributed by atoms with Crippen LogP contribution >= 0.6 is 22.7 Å². The Morgan fingerprint density at radius 1 is 1.30 bits per heavy atom. The molecule has 1 unspecified atom stereocenters. The molecule has 0 saturated heterocycles. The molecule has 0 aliphatic rings. The molecule has 0 fully saturated rings. The molecule has 3 aromatic heterocycles. The van der Waals surface area contributed by atoms with Crippen LogP contribution in [-0.4, -0.2) is 22.0 Å². The largest absolute Gasteiger partial charge is 0.360 e. The van der Waals surface area contributed by atoms with Gasteiger partial charge in [0.1, 0.15) is 15.7 Å². The summed E-state index contributed by atoms with van der Waals surface area (Å²) in [7, 11) is 1.83. The second kappa shape index (κ2) is 5.34. The van der Waals surface area contributed by atoms with Crippen molar-refractivity contribution in [3.63, 3.8) is 0 Å². The summed E-state index contributed by atoms with van der Waals surface area (Å²) >= 11 is 3.32. The zero-order valence-electron chi connectivity index (χ0n) is 11.5. The molecule has 104 valence electrons. The van der Waals surface area contributed by atoms with E-state index in [1.807, 2.05) is 18.6 Å². The molecule has 0 aromatic carbocycles. The first-order valence-corrected chi connectivity index (χ1v) is 7.99. The van der Waals surface area contributed by atoms with Crippen molar-refractivity contribution in [1.82, 2.24) is 15.0 Å². The fourth-order valence-corrected chi connectivity index (χ4v) is 3.50. The van der Waals surface area contributed by atoms with E-state index in [0.717, 1.165) is 21.0 Å². The predicted molar refractivity (Wildman–Crippen MR) is 85.9 cm³/mol. The lowest BCUT2D eigenvalue weighted by Gasteiger charge is -2.13. The molecule has 1 atom stereocenters. The standard InChI is InChI=1S/C13H15N5S2/c1-7-6-9-10(16-8(2)11-15-4-5-19-11)17-13(14-3)18-12(9)20-7/h4-6,8H,1-3H3,(H2,14,16,17,18). The van der Waals surface area contributed by atoms with E-state index in [1.54, 1.807) is 22.7 Å². The Bertz CT molecular complexity index is 720. The Labute approximate surface area is 125 Å². The van der Waals surface area contributed by atoms with Crippen LogP contribution in [0.4, 0.5) is 11.8 Å². The Kier molecular flexibility index (Phi) is 3.54. The van der Waals surface area contributed by atoms with Crippen LogP contribution in [0.5, 0.6) is 0 Å². The van der Waals surface area contributed by atoms with E-state index in [4.69, 9.17) is 0 Å². The van der Waals surface area contributed by atoms with E-state index in [1.165, 1.54) is 4.88 Å². The lowest BCUT2D eigenvalue weighted by molar-refractivity contribution is 0.862. The SMILES string of the molecule is CNc1nc(NC(C)c2nccs2)c2cc(C)sc2n1. The second-order valence-corrected chi connectivity index (χ2v) is 6.62. The highest BCUT2D eigenvalue weighted by Crippen LogP contribution is 2.31. The van der Waals surface area contributed by atoms with Gasteiger partial charge in [0.05, 0.1) is 11.4 Å². The Morgan fingerprint density at radius 2 is 2.15 bits per heavy atom. The van der Waals surface area contributed by atoms with Gasteiger partial charge >= 0.3 is 0 Å². The van der Waals surface area contributed by atoms with Crippen molar-refractivity contribution in [2.45, 2.75) is 19.9 Å². The highest BCUT2D eigenvalue weighted by atomic mass is 32.1. The summed E-state index contributed by atoms with van der Waals surface area (Å²) in [5, 5.41) is 10.5. The van der Waals surface area contributed by atoms with E-state index in [2.05, 4.69) is 45.5 Å². The topological polar surface area (TPSA) is 62.7 Å². The molecule has 2 N–H and O–H groups in total. The van der Waals surface area contributed by atoms with Crippen LogP contribution in [0.2, 0.25) is 0 Å². The van der Waals surface area contributed by atoms with Crippen molar-refractivity contribution in [2.24, 2.45) is 0 Å². The predicted octanol–water partition coefficient (Wildman–Crippen LogP) is 3.67. The van der Waals surface area contributed by atoms with Crippen molar-refractivity contribution in [1.29, 1.82) is 0 Å². The number of rotatable bonds is 4. The molecule has 0 saturated carbocycles. The van der Waals surface area contributed by atoms with Crippen LogP contribution in [0.25, 0.3) is 10.2 Å². The summed E-state index contributed by atoms with van der Waals surface area (Å²) in [5.41, 5.74) is 0. The monoisotopic (exact) mass is 305 g/mol. The minimum atomic E-state index is 0.123. The Morgan fingerprint density at radius 3 is 2.85 bits per heavy atom. The van der Waals surface area contributed by atoms with Crippen LogP contribution < -0.4 is 10.6 Å². The molecule has 3 rings (SSSR count). The van der Waals surface area contributed by atoms with Gasteiger partial charge in [-0.15, -0.1) is 22.7 Å². The summed E-state index contributed by atoms with van der Waals surface area (Å²) in [6.07, 6.45) is 1.82. The summed E-state index contributed by atoms with van der Waals surface area (Å²) in [6, 6.07) is 2.24. The highest BCUT2D eigenvalue weighted by Gasteiger charge is 2.14. The highest BCUT2D eigenvalue weighted by molar-refractivity contribution is 7.18. The normalized spacial score (nSPS) is 12.6. The molecule has 0 amide bonds. The first-order chi connectivity index (χ1) is 9.67. The van der Waals surface area contributed by atoms with Crippen LogP contribution in [0.15, 0.2) is 17.6 Å². The molecule has 5 nitrogen and oxygen atoms in total. The number of fused-ring (bicyclic) bond motifs is 1. The number of anilines is 2. The maximum absolute atomic E-state index is 4.53. The van der Waals surface area contributed by atoms with Gasteiger partial charge in [0, 0.05) is 23.5 Å². The molecule has 0 radical (unpaired) electrons. The third-order valence-corrected chi connectivity index (χ3v) is 4.82. The van der Waals surface area contributed by atoms with E-state index < -0.39 is 0 Å². The van der Waals surface area contributed by atoms with E-state index >= 15 is 0 Å². The number of aromatic nitrogens is 3. The maximum atomic E-state index is 4.53. The van der Waals surface area contributed by atoms with Crippen molar-refractivity contribution in [3.8, 4) is 0 Å². The van der Waals surface area contributed by atoms with Crippen LogP contribution in [0.3, 0.4) is 0 Å². The molecular formula is C13H15N5S2. The van der Waals surface area contributed by atoms with Gasteiger partial charge in [-0.25, -0.2) is 9.97 Å². The van der Waals surface area contributed by atoms with Crippen molar-refractivity contribution >= 4 is 44.7 Å². The van der Waals surface area contributed by atoms with Gasteiger partial charge in [-0.1, -0.05) is 0 Å². The van der Waals surface area contributed by atoms with Gasteiger partial charge in [-0.05, 0) is 19.9 Å². The number of hydrogen-bond donors (Lipinski definition) is 2. The first kappa shape index (κ1) is 13.3. The summed E-state index contributed by atoms with van der Waals surface area (Å²) in [5.74, 6) is 1.49. The quantitative estimate of drug-likeness (QED) is 0.770. The number of nitrogens with one attached hydrogen (secondary N) is 2. The zero-order chi connectivity index (χ0) is 14.1. The minimum Gasteiger partial charge on any atom is -0.360 e. The maximum Gasteiger partial charge on any atom is 0.225 e. The molecule has 0 bridgehead atoms. The lowest BCUT2D eigenvalue weighted by Crippen LogP contribution is -2.09. The fraction of sp³-hybridized carbons (Fsp3) is 0.308. The minimum absolute atomic E-state index is 0.123. The molecule has 7 heteroatoms. The third-order valence-electron chi connectivity index (χ3n) is 2.91. The summed E-state index contributed by atoms with van der Waals surface area (Å²) in [6.45, 7) is 4.17. The van der Waals surface area contributed by atoms with Gasteiger partial charge in [-0.2, -0.15) is 4.98 Å². The number of aryl methyl sites for hydroxylation is 1. The Balaban J connectivity index is 2.01. The van der Waals surface area contributed by atoms with Crippen LogP contribution in [0, 0.1) is 6.92 Å². The molecule has 3 heterocycles. The third kappa shape index (κ3) is 2.46. The van der Waals surface area contributed by atoms with Gasteiger partial charge in [-0.3, -0.25) is 0 Å². The van der Waals surface area contributed by atoms with E-state index in [0.29, 0.717) is 5.95 Å². The molecule has 20 heavy (non-hydrogen) atoms. The number of thiophene rings is 1. The molecular weight excluding hydrogens is 290 g/mol. The van der Waals surface area contributed by atoms with E-state index in [9.17, 15) is 0 Å². The molecule has 0 spiro atoms. The number of nitrogens with zero attached hydrogens (tertiary/aromatic N) is 3. The van der Waals surface area contributed by atoms with Crippen molar-refractivity contribution in [3.05, 3.63) is 27.5 Å². The van der Waals surface area contributed by atoms with Crippen molar-refractivity contribution in [2.75, 3.05) is 17.7 Å².